The van der Waals surface area contributed by atoms with Crippen molar-refractivity contribution in [1.82, 2.24) is 10.6 Å². The third-order valence-electron chi connectivity index (χ3n) is 2.93. The minimum absolute atomic E-state index is 0.0868. The van der Waals surface area contributed by atoms with Crippen molar-refractivity contribution in [2.45, 2.75) is 18.2 Å². The molecule has 0 spiro atoms. The summed E-state index contributed by atoms with van der Waals surface area (Å²) in [4.78, 5) is 11.7. The van der Waals surface area contributed by atoms with E-state index in [2.05, 4.69) is 10.6 Å². The summed E-state index contributed by atoms with van der Waals surface area (Å²) < 4.78 is 0. The third kappa shape index (κ3) is 4.88. The Balaban J connectivity index is 1.72. The Hall–Kier alpha value is -0.420. The molecule has 1 atom stereocenters. The smallest absolute Gasteiger partial charge is 0.230 e. The van der Waals surface area contributed by atoms with Gasteiger partial charge in [-0.15, -0.1) is 11.8 Å². The van der Waals surface area contributed by atoms with Gasteiger partial charge in [-0.3, -0.25) is 4.79 Å². The number of amides is 1. The van der Waals surface area contributed by atoms with Crippen molar-refractivity contribution in [2.24, 2.45) is 0 Å². The molecule has 2 rings (SSSR count). The van der Waals surface area contributed by atoms with E-state index in [4.69, 9.17) is 23.2 Å². The van der Waals surface area contributed by atoms with Gasteiger partial charge in [0.25, 0.3) is 0 Å². The molecular weight excluding hydrogens is 303 g/mol. The van der Waals surface area contributed by atoms with Crippen LogP contribution in [0.15, 0.2) is 18.2 Å². The van der Waals surface area contributed by atoms with Gasteiger partial charge < -0.3 is 10.6 Å². The zero-order chi connectivity index (χ0) is 13.7. The van der Waals surface area contributed by atoms with Crippen LogP contribution in [-0.4, -0.2) is 30.8 Å². The minimum Gasteiger partial charge on any atom is -0.351 e. The van der Waals surface area contributed by atoms with Crippen molar-refractivity contribution >= 4 is 40.9 Å². The average Bonchev–Trinajstić information content (AvgIpc) is 2.84. The molecule has 19 heavy (non-hydrogen) atoms. The summed E-state index contributed by atoms with van der Waals surface area (Å²) in [6.07, 6.45) is 1.01. The number of halogens is 2. The maximum absolute atomic E-state index is 11.7. The van der Waals surface area contributed by atoms with Crippen LogP contribution in [0.3, 0.4) is 0 Å². The van der Waals surface area contributed by atoms with Crippen LogP contribution >= 0.6 is 35.0 Å². The molecule has 0 bridgehead atoms. The van der Waals surface area contributed by atoms with E-state index in [9.17, 15) is 4.79 Å². The largest absolute Gasteiger partial charge is 0.351 e. The van der Waals surface area contributed by atoms with Crippen molar-refractivity contribution in [3.8, 4) is 0 Å². The highest BCUT2D eigenvalue weighted by atomic mass is 35.5. The van der Waals surface area contributed by atoms with Crippen molar-refractivity contribution in [3.63, 3.8) is 0 Å². The van der Waals surface area contributed by atoms with Gasteiger partial charge in [0.2, 0.25) is 5.91 Å². The van der Waals surface area contributed by atoms with E-state index in [1.807, 2.05) is 12.1 Å². The molecule has 104 valence electrons. The Morgan fingerprint density at radius 3 is 3.00 bits per heavy atom. The van der Waals surface area contributed by atoms with E-state index in [0.29, 0.717) is 21.6 Å². The second-order valence-corrected chi connectivity index (χ2v) is 6.32. The molecule has 1 aromatic carbocycles. The minimum atomic E-state index is 0.0868. The predicted molar refractivity (Wildman–Crippen MR) is 82.0 cm³/mol. The highest BCUT2D eigenvalue weighted by Gasteiger charge is 2.16. The Labute approximate surface area is 127 Å². The fourth-order valence-electron chi connectivity index (χ4n) is 1.94. The number of nitrogens with one attached hydrogen (secondary N) is 2. The van der Waals surface area contributed by atoms with E-state index in [-0.39, 0.29) is 11.9 Å². The van der Waals surface area contributed by atoms with Gasteiger partial charge in [0.05, 0.1) is 5.75 Å². The van der Waals surface area contributed by atoms with Crippen LogP contribution in [-0.2, 0) is 10.5 Å². The summed E-state index contributed by atoms with van der Waals surface area (Å²) in [6.45, 7) is 1.86. The first-order valence-corrected chi connectivity index (χ1v) is 8.08. The van der Waals surface area contributed by atoms with Crippen LogP contribution in [0.5, 0.6) is 0 Å². The molecule has 1 unspecified atom stereocenters. The number of benzene rings is 1. The van der Waals surface area contributed by atoms with Crippen molar-refractivity contribution in [1.29, 1.82) is 0 Å². The lowest BCUT2D eigenvalue weighted by Crippen LogP contribution is -2.37. The Morgan fingerprint density at radius 1 is 1.47 bits per heavy atom. The van der Waals surface area contributed by atoms with Gasteiger partial charge in [0, 0.05) is 28.4 Å². The molecule has 0 saturated carbocycles. The first-order valence-electron chi connectivity index (χ1n) is 6.17. The van der Waals surface area contributed by atoms with Crippen LogP contribution in [0, 0.1) is 0 Å². The predicted octanol–water partition coefficient (Wildman–Crippen LogP) is 2.70. The molecule has 1 fully saturated rings. The standard InChI is InChI=1S/C13H16Cl2N2OS/c14-10-2-1-9(12(15)5-10)7-19-8-13(18)17-11-3-4-16-6-11/h1-2,5,11,16H,3-4,6-8H2,(H,17,18). The van der Waals surface area contributed by atoms with E-state index in [1.165, 1.54) is 0 Å². The van der Waals surface area contributed by atoms with Gasteiger partial charge in [-0.25, -0.2) is 0 Å². The zero-order valence-electron chi connectivity index (χ0n) is 10.4. The van der Waals surface area contributed by atoms with Gasteiger partial charge >= 0.3 is 0 Å². The molecular formula is C13H16Cl2N2OS. The maximum atomic E-state index is 11.7. The van der Waals surface area contributed by atoms with Crippen LogP contribution in [0.4, 0.5) is 0 Å². The van der Waals surface area contributed by atoms with Crippen LogP contribution in [0.25, 0.3) is 0 Å². The second-order valence-electron chi connectivity index (χ2n) is 4.49. The quantitative estimate of drug-likeness (QED) is 0.877. The molecule has 1 saturated heterocycles. The summed E-state index contributed by atoms with van der Waals surface area (Å²) in [5.74, 6) is 1.26. The number of carbonyl (C=O) groups is 1. The van der Waals surface area contributed by atoms with E-state index in [1.54, 1.807) is 17.8 Å². The van der Waals surface area contributed by atoms with Crippen LogP contribution in [0.1, 0.15) is 12.0 Å². The Kier molecular flexibility index (Phi) is 5.82. The molecule has 0 aromatic heterocycles. The fourth-order valence-corrected chi connectivity index (χ4v) is 3.34. The first-order chi connectivity index (χ1) is 9.15. The molecule has 1 aliphatic rings. The summed E-state index contributed by atoms with van der Waals surface area (Å²) >= 11 is 13.5. The van der Waals surface area contributed by atoms with E-state index < -0.39 is 0 Å². The van der Waals surface area contributed by atoms with Gasteiger partial charge in [-0.2, -0.15) is 0 Å². The van der Waals surface area contributed by atoms with Crippen molar-refractivity contribution in [2.75, 3.05) is 18.8 Å². The summed E-state index contributed by atoms with van der Waals surface area (Å²) in [5, 5.41) is 7.52. The van der Waals surface area contributed by atoms with Crippen molar-refractivity contribution in [3.05, 3.63) is 33.8 Å². The third-order valence-corrected chi connectivity index (χ3v) is 4.50. The summed E-state index contributed by atoms with van der Waals surface area (Å²) in [5.41, 5.74) is 1.01. The van der Waals surface area contributed by atoms with E-state index >= 15 is 0 Å². The van der Waals surface area contributed by atoms with Crippen LogP contribution in [0.2, 0.25) is 10.0 Å². The molecule has 3 nitrogen and oxygen atoms in total. The first kappa shape index (κ1) is 15.0. The number of rotatable bonds is 5. The lowest BCUT2D eigenvalue weighted by Gasteiger charge is -2.11. The number of hydrogen-bond acceptors (Lipinski definition) is 3. The lowest BCUT2D eigenvalue weighted by atomic mass is 10.2. The van der Waals surface area contributed by atoms with Gasteiger partial charge in [0.15, 0.2) is 0 Å². The number of thioether (sulfide) groups is 1. The lowest BCUT2D eigenvalue weighted by molar-refractivity contribution is -0.119. The maximum Gasteiger partial charge on any atom is 0.230 e. The molecule has 1 heterocycles. The topological polar surface area (TPSA) is 41.1 Å². The average molecular weight is 319 g/mol. The molecule has 1 aromatic rings. The summed E-state index contributed by atoms with van der Waals surface area (Å²) in [7, 11) is 0. The highest BCUT2D eigenvalue weighted by Crippen LogP contribution is 2.24. The molecule has 2 N–H and O–H groups in total. The zero-order valence-corrected chi connectivity index (χ0v) is 12.7. The van der Waals surface area contributed by atoms with E-state index in [0.717, 1.165) is 25.1 Å². The second kappa shape index (κ2) is 7.39. The Morgan fingerprint density at radius 2 is 2.32 bits per heavy atom. The van der Waals surface area contributed by atoms with Gasteiger partial charge in [0.1, 0.15) is 0 Å². The SMILES string of the molecule is O=C(CSCc1ccc(Cl)cc1Cl)NC1CCNC1. The molecule has 0 aliphatic carbocycles. The normalized spacial score (nSPS) is 18.5. The number of hydrogen-bond donors (Lipinski definition) is 2. The van der Waals surface area contributed by atoms with Gasteiger partial charge in [-0.1, -0.05) is 29.3 Å². The summed E-state index contributed by atoms with van der Waals surface area (Å²) in [6, 6.07) is 5.72. The van der Waals surface area contributed by atoms with Crippen molar-refractivity contribution < 1.29 is 4.79 Å². The highest BCUT2D eigenvalue weighted by molar-refractivity contribution is 7.99. The fraction of sp³-hybridized carbons (Fsp3) is 0.462. The Bertz CT molecular complexity index is 450. The monoisotopic (exact) mass is 318 g/mol. The van der Waals surface area contributed by atoms with Gasteiger partial charge in [-0.05, 0) is 30.7 Å². The molecule has 1 aliphatic heterocycles. The number of carbonyl (C=O) groups excluding carboxylic acids is 1. The molecule has 6 heteroatoms. The van der Waals surface area contributed by atoms with Crippen LogP contribution < -0.4 is 10.6 Å². The molecule has 0 radical (unpaired) electrons. The molecule has 1 amide bonds.